The molecule has 6 rings (SSSR count). The number of aromatic nitrogens is 3. The highest BCUT2D eigenvalue weighted by molar-refractivity contribution is 5.97. The van der Waals surface area contributed by atoms with Gasteiger partial charge in [0.15, 0.2) is 0 Å². The minimum Gasteiger partial charge on any atom is -0.486 e. The number of rotatable bonds is 3. The third kappa shape index (κ3) is 5.92. The van der Waals surface area contributed by atoms with Crippen LogP contribution in [0.15, 0.2) is 46.1 Å². The maximum absolute atomic E-state index is 15.4. The van der Waals surface area contributed by atoms with Crippen LogP contribution in [0, 0.1) is 12.7 Å². The number of ether oxygens (including phenoxy) is 2. The summed E-state index contributed by atoms with van der Waals surface area (Å²) in [6.07, 6.45) is -3.90. The summed E-state index contributed by atoms with van der Waals surface area (Å²) in [4.78, 5) is 50.3. The highest BCUT2D eigenvalue weighted by atomic mass is 19.4. The van der Waals surface area contributed by atoms with Gasteiger partial charge in [-0.15, -0.1) is 0 Å². The fourth-order valence-electron chi connectivity index (χ4n) is 6.72. The van der Waals surface area contributed by atoms with E-state index in [0.29, 0.717) is 17.7 Å². The summed E-state index contributed by atoms with van der Waals surface area (Å²) >= 11 is 0. The molecule has 11 nitrogen and oxygen atoms in total. The summed E-state index contributed by atoms with van der Waals surface area (Å²) in [5.41, 5.74) is 1.09. The van der Waals surface area contributed by atoms with Gasteiger partial charge in [0.1, 0.15) is 28.3 Å². The van der Waals surface area contributed by atoms with Gasteiger partial charge in [-0.3, -0.25) is 23.7 Å². The molecular weight excluding hydrogens is 660 g/mol. The second-order valence-electron chi connectivity index (χ2n) is 13.9. The van der Waals surface area contributed by atoms with E-state index in [0.717, 1.165) is 16.7 Å². The van der Waals surface area contributed by atoms with E-state index in [9.17, 15) is 14.4 Å². The second-order valence-corrected chi connectivity index (χ2v) is 13.9. The fraction of sp³-hybridized carbons (Fsp3) is 0.429. The average molecular weight is 699 g/mol. The number of amides is 1. The van der Waals surface area contributed by atoms with Crippen molar-refractivity contribution in [1.29, 1.82) is 0 Å². The topological polar surface area (TPSA) is 125 Å². The first-order valence-corrected chi connectivity index (χ1v) is 16.2. The molecule has 0 radical (unpaired) electrons. The van der Waals surface area contributed by atoms with Gasteiger partial charge in [-0.05, 0) is 63.4 Å². The van der Waals surface area contributed by atoms with E-state index in [4.69, 9.17) is 15.2 Å². The van der Waals surface area contributed by atoms with Crippen molar-refractivity contribution in [3.05, 3.63) is 80.0 Å². The van der Waals surface area contributed by atoms with Gasteiger partial charge < -0.3 is 25.0 Å². The molecule has 0 saturated carbocycles. The van der Waals surface area contributed by atoms with E-state index in [-0.39, 0.29) is 59.2 Å². The number of pyridine rings is 3. The van der Waals surface area contributed by atoms with Gasteiger partial charge in [-0.2, -0.15) is 13.2 Å². The van der Waals surface area contributed by atoms with Gasteiger partial charge in [-0.1, -0.05) is 19.9 Å². The lowest BCUT2D eigenvalue weighted by Crippen LogP contribution is -2.55. The molecule has 266 valence electrons. The monoisotopic (exact) mass is 698 g/mol. The number of nitrogens with two attached hydrogens (primary N) is 1. The van der Waals surface area contributed by atoms with Crippen LogP contribution in [0.1, 0.15) is 63.9 Å². The quantitative estimate of drug-likeness (QED) is 0.207. The summed E-state index contributed by atoms with van der Waals surface area (Å²) in [6.45, 7) is 10.9. The number of para-hydroxylation sites is 1. The number of piperazine rings is 1. The largest absolute Gasteiger partial charge is 0.486 e. The number of carbonyl (C=O) groups excluding carboxylic acids is 1. The molecule has 1 unspecified atom stereocenters. The Bertz CT molecular complexity index is 2120. The Hall–Kier alpha value is -5.08. The van der Waals surface area contributed by atoms with Crippen LogP contribution in [0.5, 0.6) is 5.75 Å². The first kappa shape index (κ1) is 34.8. The predicted octanol–water partition coefficient (Wildman–Crippen LogP) is 5.92. The van der Waals surface area contributed by atoms with Crippen LogP contribution < -0.4 is 26.5 Å². The summed E-state index contributed by atoms with van der Waals surface area (Å²) < 4.78 is 73.5. The van der Waals surface area contributed by atoms with E-state index < -0.39 is 63.4 Å². The molecule has 1 amide bonds. The minimum absolute atomic E-state index is 0.00488. The smallest absolute Gasteiger partial charge is 0.431 e. The van der Waals surface area contributed by atoms with Gasteiger partial charge in [-0.25, -0.2) is 9.18 Å². The lowest BCUT2D eigenvalue weighted by molar-refractivity contribution is -0.142. The standard InChI is InChI=1S/C35H38F4N6O5/c1-18(2)25-26(19(3)10-12-41-25)45-28-21(16-24(35(37,38)39)44(31(28)46)29-22(36)8-7-9-23(29)40)27-30(32(45)47)49-15-11-20-17-42(13-14-43(20)27)33(48)50-34(4,5)6/h7-10,12,16,18,20H,11,13-15,17,40H2,1-6H3. The number of aryl methyl sites for hydroxylation is 1. The maximum atomic E-state index is 15.4. The molecule has 4 aromatic rings. The molecule has 5 heterocycles. The molecule has 1 fully saturated rings. The van der Waals surface area contributed by atoms with Gasteiger partial charge in [0.05, 0.1) is 35.4 Å². The van der Waals surface area contributed by atoms with Crippen LogP contribution in [0.3, 0.4) is 0 Å². The van der Waals surface area contributed by atoms with Crippen molar-refractivity contribution in [2.45, 2.75) is 71.7 Å². The molecule has 2 N–H and O–H groups in total. The third-order valence-corrected chi connectivity index (χ3v) is 8.85. The van der Waals surface area contributed by atoms with Crippen molar-refractivity contribution in [2.75, 3.05) is 36.9 Å². The van der Waals surface area contributed by atoms with E-state index in [1.54, 1.807) is 38.7 Å². The number of hydrogen-bond donors (Lipinski definition) is 1. The van der Waals surface area contributed by atoms with E-state index in [1.165, 1.54) is 23.2 Å². The summed E-state index contributed by atoms with van der Waals surface area (Å²) in [6, 6.07) is 5.15. The molecule has 50 heavy (non-hydrogen) atoms. The molecule has 2 aliphatic rings. The third-order valence-electron chi connectivity index (χ3n) is 8.85. The van der Waals surface area contributed by atoms with Gasteiger partial charge in [0.25, 0.3) is 11.1 Å². The number of benzene rings is 1. The van der Waals surface area contributed by atoms with Crippen LogP contribution in [0.2, 0.25) is 0 Å². The van der Waals surface area contributed by atoms with Gasteiger partial charge in [0.2, 0.25) is 5.75 Å². The zero-order valence-corrected chi connectivity index (χ0v) is 28.5. The van der Waals surface area contributed by atoms with Crippen LogP contribution in [0.25, 0.3) is 22.3 Å². The van der Waals surface area contributed by atoms with Crippen molar-refractivity contribution in [3.63, 3.8) is 0 Å². The van der Waals surface area contributed by atoms with Crippen molar-refractivity contribution >= 4 is 28.4 Å². The number of fused-ring (bicyclic) bond motifs is 5. The molecule has 2 aliphatic heterocycles. The van der Waals surface area contributed by atoms with Crippen molar-refractivity contribution in [3.8, 4) is 17.1 Å². The number of halogens is 4. The maximum Gasteiger partial charge on any atom is 0.431 e. The number of carbonyl (C=O) groups is 1. The summed E-state index contributed by atoms with van der Waals surface area (Å²) in [5.74, 6) is -1.70. The van der Waals surface area contributed by atoms with Crippen molar-refractivity contribution < 1.29 is 31.8 Å². The van der Waals surface area contributed by atoms with Crippen LogP contribution in [0.4, 0.5) is 33.7 Å². The highest BCUT2D eigenvalue weighted by Crippen LogP contribution is 2.42. The Kier molecular flexibility index (Phi) is 8.59. The SMILES string of the molecule is Cc1ccnc(C(C)C)c1-n1c(=O)c2c(c3cc(C(F)(F)F)n(-c4c(N)cccc4F)c(=O)c31)N1CCN(C(=O)OC(C)(C)C)CC1CCO2. The number of anilines is 2. The zero-order chi connectivity index (χ0) is 36.4. The van der Waals surface area contributed by atoms with Crippen molar-refractivity contribution in [2.24, 2.45) is 0 Å². The molecule has 0 aliphatic carbocycles. The highest BCUT2D eigenvalue weighted by Gasteiger charge is 2.42. The Morgan fingerprint density at radius 1 is 1.04 bits per heavy atom. The van der Waals surface area contributed by atoms with Crippen LogP contribution >= 0.6 is 0 Å². The van der Waals surface area contributed by atoms with Gasteiger partial charge >= 0.3 is 12.3 Å². The normalized spacial score (nSPS) is 16.6. The molecule has 0 bridgehead atoms. The lowest BCUT2D eigenvalue weighted by atomic mass is 10.0. The molecular formula is C35H38F4N6O5. The summed E-state index contributed by atoms with van der Waals surface area (Å²) in [5, 5.41) is -0.237. The first-order valence-electron chi connectivity index (χ1n) is 16.2. The molecule has 1 aromatic carbocycles. The number of nitrogen functional groups attached to an aromatic ring is 1. The Morgan fingerprint density at radius 2 is 1.76 bits per heavy atom. The minimum atomic E-state index is -5.18. The van der Waals surface area contributed by atoms with Crippen LogP contribution in [-0.4, -0.2) is 63.0 Å². The molecule has 3 aromatic heterocycles. The zero-order valence-electron chi connectivity index (χ0n) is 28.5. The molecule has 1 atom stereocenters. The lowest BCUT2D eigenvalue weighted by Gasteiger charge is -2.42. The molecule has 1 saturated heterocycles. The first-order chi connectivity index (χ1) is 23.4. The number of hydrogen-bond acceptors (Lipinski definition) is 8. The molecule has 15 heteroatoms. The fourth-order valence-corrected chi connectivity index (χ4v) is 6.72. The van der Waals surface area contributed by atoms with E-state index in [1.807, 2.05) is 13.8 Å². The Morgan fingerprint density at radius 3 is 2.40 bits per heavy atom. The molecule has 0 spiro atoms. The van der Waals surface area contributed by atoms with Crippen molar-refractivity contribution in [1.82, 2.24) is 19.0 Å². The Balaban J connectivity index is 1.74. The second kappa shape index (κ2) is 12.4. The van der Waals surface area contributed by atoms with Gasteiger partial charge in [0, 0.05) is 37.6 Å². The van der Waals surface area contributed by atoms with E-state index >= 15 is 17.6 Å². The predicted molar refractivity (Wildman–Crippen MR) is 180 cm³/mol. The number of nitrogens with zero attached hydrogens (tertiary/aromatic N) is 5. The number of alkyl halides is 3. The van der Waals surface area contributed by atoms with E-state index in [2.05, 4.69) is 4.98 Å². The van der Waals surface area contributed by atoms with Crippen LogP contribution in [-0.2, 0) is 10.9 Å². The summed E-state index contributed by atoms with van der Waals surface area (Å²) in [7, 11) is 0. The Labute approximate surface area is 284 Å². The average Bonchev–Trinajstić information content (AvgIpc) is 3.21.